The number of carbonyl (C=O) groups excluding carboxylic acids is 1. The van der Waals surface area contributed by atoms with Gasteiger partial charge in [0.15, 0.2) is 0 Å². The van der Waals surface area contributed by atoms with Gasteiger partial charge in [0.1, 0.15) is 5.75 Å². The third-order valence-electron chi connectivity index (χ3n) is 3.32. The summed E-state index contributed by atoms with van der Waals surface area (Å²) in [4.78, 5) is 13.5. The molecule has 1 unspecified atom stereocenters. The number of rotatable bonds is 7. The van der Waals surface area contributed by atoms with E-state index in [0.29, 0.717) is 6.54 Å². The minimum atomic E-state index is 0.107. The molecule has 0 aliphatic heterocycles. The van der Waals surface area contributed by atoms with Crippen LogP contribution < -0.4 is 10.1 Å². The van der Waals surface area contributed by atoms with E-state index in [1.54, 1.807) is 12.0 Å². The standard InChI is InChI=1S/C15H24N2O2/c1-5-13(16-11-15(18)17(3)6-2)12-9-7-8-10-14(12)19-4/h7-10,13,16H,5-6,11H2,1-4H3. The first-order chi connectivity index (χ1) is 9.13. The Labute approximate surface area is 115 Å². The number of likely N-dealkylation sites (N-methyl/N-ethyl adjacent to an activating group) is 1. The molecule has 0 heterocycles. The van der Waals surface area contributed by atoms with Crippen LogP contribution in [0.4, 0.5) is 0 Å². The number of nitrogens with one attached hydrogen (secondary N) is 1. The minimum absolute atomic E-state index is 0.107. The number of nitrogens with zero attached hydrogens (tertiary/aromatic N) is 1. The number of hydrogen-bond donors (Lipinski definition) is 1. The fraction of sp³-hybridized carbons (Fsp3) is 0.533. The number of para-hydroxylation sites is 1. The van der Waals surface area contributed by atoms with Crippen molar-refractivity contribution in [2.24, 2.45) is 0 Å². The Balaban J connectivity index is 2.70. The van der Waals surface area contributed by atoms with Crippen LogP contribution in [0.5, 0.6) is 5.75 Å². The van der Waals surface area contributed by atoms with Crippen molar-refractivity contribution in [3.63, 3.8) is 0 Å². The summed E-state index contributed by atoms with van der Waals surface area (Å²) in [5.74, 6) is 0.967. The highest BCUT2D eigenvalue weighted by atomic mass is 16.5. The van der Waals surface area contributed by atoms with E-state index in [1.165, 1.54) is 0 Å². The highest BCUT2D eigenvalue weighted by Crippen LogP contribution is 2.26. The lowest BCUT2D eigenvalue weighted by Crippen LogP contribution is -2.36. The molecule has 0 saturated heterocycles. The van der Waals surface area contributed by atoms with Crippen molar-refractivity contribution < 1.29 is 9.53 Å². The van der Waals surface area contributed by atoms with E-state index >= 15 is 0 Å². The summed E-state index contributed by atoms with van der Waals surface area (Å²) in [5.41, 5.74) is 1.10. The number of ether oxygens (including phenoxy) is 1. The zero-order valence-corrected chi connectivity index (χ0v) is 12.3. The highest BCUT2D eigenvalue weighted by molar-refractivity contribution is 5.77. The minimum Gasteiger partial charge on any atom is -0.496 e. The first kappa shape index (κ1) is 15.5. The molecule has 0 aliphatic carbocycles. The van der Waals surface area contributed by atoms with Crippen LogP contribution in [0.3, 0.4) is 0 Å². The highest BCUT2D eigenvalue weighted by Gasteiger charge is 2.15. The molecule has 1 N–H and O–H groups in total. The van der Waals surface area contributed by atoms with Gasteiger partial charge in [-0.25, -0.2) is 0 Å². The van der Waals surface area contributed by atoms with Gasteiger partial charge in [-0.15, -0.1) is 0 Å². The molecule has 0 bridgehead atoms. The molecular formula is C15H24N2O2. The molecule has 4 heteroatoms. The average molecular weight is 264 g/mol. The van der Waals surface area contributed by atoms with Crippen LogP contribution in [0, 0.1) is 0 Å². The summed E-state index contributed by atoms with van der Waals surface area (Å²) in [6.45, 7) is 5.14. The van der Waals surface area contributed by atoms with E-state index < -0.39 is 0 Å². The fourth-order valence-electron chi connectivity index (χ4n) is 1.95. The Kier molecular flexibility index (Phi) is 6.36. The Morgan fingerprint density at radius 1 is 1.37 bits per heavy atom. The van der Waals surface area contributed by atoms with Crippen molar-refractivity contribution >= 4 is 5.91 Å². The summed E-state index contributed by atoms with van der Waals surface area (Å²) in [6.07, 6.45) is 0.906. The number of hydrogen-bond acceptors (Lipinski definition) is 3. The largest absolute Gasteiger partial charge is 0.496 e. The predicted octanol–water partition coefficient (Wildman–Crippen LogP) is 2.21. The lowest BCUT2D eigenvalue weighted by atomic mass is 10.0. The van der Waals surface area contributed by atoms with Crippen molar-refractivity contribution in [3.05, 3.63) is 29.8 Å². The van der Waals surface area contributed by atoms with Gasteiger partial charge in [0.05, 0.1) is 13.7 Å². The average Bonchev–Trinajstić information content (AvgIpc) is 2.47. The molecular weight excluding hydrogens is 240 g/mol. The van der Waals surface area contributed by atoms with Crippen molar-refractivity contribution in [2.75, 3.05) is 27.2 Å². The van der Waals surface area contributed by atoms with Crippen molar-refractivity contribution in [3.8, 4) is 5.75 Å². The first-order valence-electron chi connectivity index (χ1n) is 6.74. The maximum Gasteiger partial charge on any atom is 0.236 e. The van der Waals surface area contributed by atoms with E-state index in [9.17, 15) is 4.79 Å². The Morgan fingerprint density at radius 3 is 2.63 bits per heavy atom. The maximum atomic E-state index is 11.8. The lowest BCUT2D eigenvalue weighted by Gasteiger charge is -2.21. The van der Waals surface area contributed by atoms with Gasteiger partial charge in [0.25, 0.3) is 0 Å². The van der Waals surface area contributed by atoms with Crippen molar-refractivity contribution in [1.29, 1.82) is 0 Å². The second-order valence-electron chi connectivity index (χ2n) is 4.49. The van der Waals surface area contributed by atoms with Gasteiger partial charge in [-0.3, -0.25) is 4.79 Å². The summed E-state index contributed by atoms with van der Waals surface area (Å²) < 4.78 is 5.37. The van der Waals surface area contributed by atoms with Crippen LogP contribution in [0.1, 0.15) is 31.9 Å². The summed E-state index contributed by atoms with van der Waals surface area (Å²) in [6, 6.07) is 8.05. The SMILES string of the molecule is CCC(NCC(=O)N(C)CC)c1ccccc1OC. The molecule has 106 valence electrons. The quantitative estimate of drug-likeness (QED) is 0.821. The van der Waals surface area contributed by atoms with E-state index in [4.69, 9.17) is 4.74 Å². The molecule has 0 saturated carbocycles. The molecule has 1 aromatic rings. The number of methoxy groups -OCH3 is 1. The molecule has 1 rings (SSSR count). The number of carbonyl (C=O) groups is 1. The molecule has 0 radical (unpaired) electrons. The molecule has 1 aromatic carbocycles. The van der Waals surface area contributed by atoms with Crippen molar-refractivity contribution in [2.45, 2.75) is 26.3 Å². The van der Waals surface area contributed by atoms with Crippen LogP contribution in [-0.4, -0.2) is 38.1 Å². The zero-order chi connectivity index (χ0) is 14.3. The fourth-order valence-corrected chi connectivity index (χ4v) is 1.95. The van der Waals surface area contributed by atoms with E-state index in [2.05, 4.69) is 12.2 Å². The van der Waals surface area contributed by atoms with Crippen LogP contribution in [-0.2, 0) is 4.79 Å². The summed E-state index contributed by atoms with van der Waals surface area (Å²) >= 11 is 0. The van der Waals surface area contributed by atoms with Gasteiger partial charge in [0, 0.05) is 25.2 Å². The predicted molar refractivity (Wildman–Crippen MR) is 77.3 cm³/mol. The zero-order valence-electron chi connectivity index (χ0n) is 12.3. The molecule has 0 fully saturated rings. The Hall–Kier alpha value is -1.55. The van der Waals surface area contributed by atoms with Gasteiger partial charge < -0.3 is 15.0 Å². The van der Waals surface area contributed by atoms with Gasteiger partial charge in [-0.2, -0.15) is 0 Å². The van der Waals surface area contributed by atoms with Crippen LogP contribution in [0.15, 0.2) is 24.3 Å². The number of amides is 1. The van der Waals surface area contributed by atoms with Gasteiger partial charge in [0.2, 0.25) is 5.91 Å². The van der Waals surface area contributed by atoms with E-state index in [1.807, 2.05) is 38.2 Å². The lowest BCUT2D eigenvalue weighted by molar-refractivity contribution is -0.128. The summed E-state index contributed by atoms with van der Waals surface area (Å²) in [5, 5.41) is 3.30. The third kappa shape index (κ3) is 4.24. The first-order valence-corrected chi connectivity index (χ1v) is 6.74. The normalized spacial score (nSPS) is 12.0. The molecule has 0 spiro atoms. The smallest absolute Gasteiger partial charge is 0.236 e. The van der Waals surface area contributed by atoms with Crippen molar-refractivity contribution in [1.82, 2.24) is 10.2 Å². The Bertz CT molecular complexity index is 407. The third-order valence-corrected chi connectivity index (χ3v) is 3.32. The van der Waals surface area contributed by atoms with Crippen LogP contribution in [0.2, 0.25) is 0 Å². The van der Waals surface area contributed by atoms with Gasteiger partial charge in [-0.1, -0.05) is 25.1 Å². The van der Waals surface area contributed by atoms with E-state index in [0.717, 1.165) is 24.3 Å². The molecule has 1 amide bonds. The van der Waals surface area contributed by atoms with Crippen LogP contribution in [0.25, 0.3) is 0 Å². The maximum absolute atomic E-state index is 11.8. The van der Waals surface area contributed by atoms with Gasteiger partial charge >= 0.3 is 0 Å². The molecule has 19 heavy (non-hydrogen) atoms. The monoisotopic (exact) mass is 264 g/mol. The Morgan fingerprint density at radius 2 is 2.05 bits per heavy atom. The second kappa shape index (κ2) is 7.79. The molecule has 0 aromatic heterocycles. The van der Waals surface area contributed by atoms with Crippen LogP contribution >= 0.6 is 0 Å². The van der Waals surface area contributed by atoms with Gasteiger partial charge in [-0.05, 0) is 19.4 Å². The molecule has 1 atom stereocenters. The summed E-state index contributed by atoms with van der Waals surface area (Å²) in [7, 11) is 3.48. The molecule has 0 aliphatic rings. The topological polar surface area (TPSA) is 41.6 Å². The number of benzene rings is 1. The molecule has 4 nitrogen and oxygen atoms in total. The second-order valence-corrected chi connectivity index (χ2v) is 4.49. The van der Waals surface area contributed by atoms with E-state index in [-0.39, 0.29) is 11.9 Å².